The second kappa shape index (κ2) is 8.92. The molecule has 0 radical (unpaired) electrons. The summed E-state index contributed by atoms with van der Waals surface area (Å²) in [5, 5.41) is 10.2. The minimum atomic E-state index is -0.00888. The van der Waals surface area contributed by atoms with Gasteiger partial charge in [0.15, 0.2) is 5.16 Å². The molecule has 0 spiro atoms. The van der Waals surface area contributed by atoms with E-state index in [9.17, 15) is 4.79 Å². The number of para-hydroxylation sites is 1. The van der Waals surface area contributed by atoms with Gasteiger partial charge in [-0.25, -0.2) is 0 Å². The van der Waals surface area contributed by atoms with Gasteiger partial charge < -0.3 is 4.74 Å². The van der Waals surface area contributed by atoms with Crippen LogP contribution in [0.5, 0.6) is 5.75 Å². The van der Waals surface area contributed by atoms with Gasteiger partial charge in [-0.05, 0) is 43.5 Å². The summed E-state index contributed by atoms with van der Waals surface area (Å²) in [4.78, 5) is 13.1. The summed E-state index contributed by atoms with van der Waals surface area (Å²) in [5.41, 5.74) is 2.04. The maximum absolute atomic E-state index is 13.1. The van der Waals surface area contributed by atoms with Crippen molar-refractivity contribution in [1.82, 2.24) is 19.2 Å². The molecule has 0 fully saturated rings. The Bertz CT molecular complexity index is 1210. The van der Waals surface area contributed by atoms with Crippen LogP contribution in [-0.2, 0) is 6.54 Å². The second-order valence-corrected chi connectivity index (χ2v) is 8.85. The molecule has 0 saturated carbocycles. The molecule has 30 heavy (non-hydrogen) atoms. The molecule has 2 aromatic carbocycles. The van der Waals surface area contributed by atoms with Crippen LogP contribution in [0.4, 0.5) is 0 Å². The molecule has 2 aromatic heterocycles. The van der Waals surface area contributed by atoms with Crippen molar-refractivity contribution >= 4 is 28.4 Å². The quantitative estimate of drug-likeness (QED) is 0.307. The van der Waals surface area contributed by atoms with Gasteiger partial charge >= 0.3 is 0 Å². The van der Waals surface area contributed by atoms with E-state index in [2.05, 4.69) is 31.0 Å². The van der Waals surface area contributed by atoms with Gasteiger partial charge in [-0.1, -0.05) is 55.4 Å². The van der Waals surface area contributed by atoms with Gasteiger partial charge in [0.1, 0.15) is 5.75 Å². The maximum atomic E-state index is 13.1. The number of hydrogen-bond acceptors (Lipinski definition) is 5. The normalized spacial score (nSPS) is 11.6. The highest BCUT2D eigenvalue weighted by atomic mass is 32.2. The zero-order chi connectivity index (χ0) is 21.1. The molecule has 0 bridgehead atoms. The zero-order valence-corrected chi connectivity index (χ0v) is 18.4. The number of thioether (sulfide) groups is 1. The highest BCUT2D eigenvalue weighted by molar-refractivity contribution is 7.99. The summed E-state index contributed by atoms with van der Waals surface area (Å²) in [6.07, 6.45) is 0.910. The molecule has 4 rings (SSSR count). The minimum absolute atomic E-state index is 0.00888. The molecule has 0 aliphatic carbocycles. The molecule has 0 aliphatic rings. The van der Waals surface area contributed by atoms with Crippen LogP contribution < -0.4 is 10.3 Å². The van der Waals surface area contributed by atoms with Gasteiger partial charge in [0.25, 0.3) is 5.56 Å². The molecule has 0 aliphatic heterocycles. The standard InChI is InChI=1S/C23H26N4O2S/c1-16(2)12-13-26-21(28)19-6-4-5-7-20(19)27-22(26)24-25-23(27)30-15-14-29-18-10-8-17(3)9-11-18/h4-11,16H,12-15H2,1-3H3. The Hall–Kier alpha value is -2.80. The van der Waals surface area contributed by atoms with E-state index < -0.39 is 0 Å². The van der Waals surface area contributed by atoms with Crippen molar-refractivity contribution in [3.05, 3.63) is 64.4 Å². The number of nitrogens with zero attached hydrogens (tertiary/aromatic N) is 4. The van der Waals surface area contributed by atoms with E-state index in [-0.39, 0.29) is 5.56 Å². The molecular formula is C23H26N4O2S. The lowest BCUT2D eigenvalue weighted by Gasteiger charge is -2.12. The molecule has 2 heterocycles. The fourth-order valence-corrected chi connectivity index (χ4v) is 4.10. The summed E-state index contributed by atoms with van der Waals surface area (Å²) in [5.74, 6) is 2.69. The lowest BCUT2D eigenvalue weighted by molar-refractivity contribution is 0.344. The summed E-state index contributed by atoms with van der Waals surface area (Å²) < 4.78 is 9.58. The van der Waals surface area contributed by atoms with E-state index in [0.717, 1.165) is 28.6 Å². The lowest BCUT2D eigenvalue weighted by Crippen LogP contribution is -2.24. The van der Waals surface area contributed by atoms with Crippen LogP contribution in [0.2, 0.25) is 0 Å². The fourth-order valence-electron chi connectivity index (χ4n) is 3.34. The van der Waals surface area contributed by atoms with Gasteiger partial charge in [-0.15, -0.1) is 10.2 Å². The Balaban J connectivity index is 1.61. The first-order valence-electron chi connectivity index (χ1n) is 10.2. The molecule has 0 unspecified atom stereocenters. The van der Waals surface area contributed by atoms with Crippen molar-refractivity contribution in [2.75, 3.05) is 12.4 Å². The molecule has 0 N–H and O–H groups in total. The lowest BCUT2D eigenvalue weighted by atomic mass is 10.1. The van der Waals surface area contributed by atoms with E-state index >= 15 is 0 Å². The zero-order valence-electron chi connectivity index (χ0n) is 17.5. The Labute approximate surface area is 179 Å². The van der Waals surface area contributed by atoms with Crippen LogP contribution in [0.3, 0.4) is 0 Å². The van der Waals surface area contributed by atoms with Crippen molar-refractivity contribution in [3.8, 4) is 5.75 Å². The number of ether oxygens (including phenoxy) is 1. The summed E-state index contributed by atoms with van der Waals surface area (Å²) in [7, 11) is 0. The number of hydrogen-bond donors (Lipinski definition) is 0. The second-order valence-electron chi connectivity index (χ2n) is 7.78. The van der Waals surface area contributed by atoms with Crippen molar-refractivity contribution in [3.63, 3.8) is 0 Å². The van der Waals surface area contributed by atoms with Crippen LogP contribution in [0.15, 0.2) is 58.5 Å². The Morgan fingerprint density at radius 3 is 2.60 bits per heavy atom. The average Bonchev–Trinajstić information content (AvgIpc) is 3.16. The molecular weight excluding hydrogens is 396 g/mol. The van der Waals surface area contributed by atoms with Crippen LogP contribution in [0.1, 0.15) is 25.8 Å². The van der Waals surface area contributed by atoms with E-state index in [4.69, 9.17) is 4.74 Å². The van der Waals surface area contributed by atoms with E-state index in [1.807, 2.05) is 52.9 Å². The monoisotopic (exact) mass is 422 g/mol. The molecule has 6 nitrogen and oxygen atoms in total. The summed E-state index contributed by atoms with van der Waals surface area (Å²) in [6.45, 7) is 7.56. The Kier molecular flexibility index (Phi) is 6.08. The first kappa shape index (κ1) is 20.5. The highest BCUT2D eigenvalue weighted by Crippen LogP contribution is 2.22. The molecule has 0 amide bonds. The van der Waals surface area contributed by atoms with E-state index in [1.165, 1.54) is 5.56 Å². The molecule has 156 valence electrons. The largest absolute Gasteiger partial charge is 0.493 e. The maximum Gasteiger partial charge on any atom is 0.262 e. The molecule has 7 heteroatoms. The number of fused-ring (bicyclic) bond motifs is 3. The third kappa shape index (κ3) is 4.21. The predicted octanol–water partition coefficient (Wildman–Crippen LogP) is 4.57. The van der Waals surface area contributed by atoms with Gasteiger partial charge in [-0.3, -0.25) is 13.8 Å². The fraction of sp³-hybridized carbons (Fsp3) is 0.348. The van der Waals surface area contributed by atoms with E-state index in [1.54, 1.807) is 16.3 Å². The van der Waals surface area contributed by atoms with Crippen LogP contribution >= 0.6 is 11.8 Å². The minimum Gasteiger partial charge on any atom is -0.493 e. The first-order valence-corrected chi connectivity index (χ1v) is 11.2. The third-order valence-corrected chi connectivity index (χ3v) is 5.91. The number of benzene rings is 2. The van der Waals surface area contributed by atoms with Gasteiger partial charge in [0, 0.05) is 12.3 Å². The van der Waals surface area contributed by atoms with Gasteiger partial charge in [-0.2, -0.15) is 0 Å². The van der Waals surface area contributed by atoms with Crippen molar-refractivity contribution in [1.29, 1.82) is 0 Å². The first-order chi connectivity index (χ1) is 14.5. The number of aromatic nitrogens is 4. The number of rotatable bonds is 8. The van der Waals surface area contributed by atoms with Crippen molar-refractivity contribution in [2.24, 2.45) is 5.92 Å². The number of aryl methyl sites for hydroxylation is 2. The summed E-state index contributed by atoms with van der Waals surface area (Å²) in [6, 6.07) is 15.7. The highest BCUT2D eigenvalue weighted by Gasteiger charge is 2.16. The van der Waals surface area contributed by atoms with Gasteiger partial charge in [0.2, 0.25) is 5.78 Å². The SMILES string of the molecule is Cc1ccc(OCCSc2nnc3n(CCC(C)C)c(=O)c4ccccc4n23)cc1. The molecule has 4 aromatic rings. The third-order valence-electron chi connectivity index (χ3n) is 5.01. The van der Waals surface area contributed by atoms with Crippen molar-refractivity contribution < 1.29 is 4.74 Å². The van der Waals surface area contributed by atoms with E-state index in [0.29, 0.717) is 30.2 Å². The van der Waals surface area contributed by atoms with Crippen LogP contribution in [-0.4, -0.2) is 31.5 Å². The van der Waals surface area contributed by atoms with Crippen LogP contribution in [0, 0.1) is 12.8 Å². The smallest absolute Gasteiger partial charge is 0.262 e. The van der Waals surface area contributed by atoms with Crippen molar-refractivity contribution in [2.45, 2.75) is 38.9 Å². The molecule has 0 atom stereocenters. The Morgan fingerprint density at radius 2 is 1.83 bits per heavy atom. The summed E-state index contributed by atoms with van der Waals surface area (Å²) >= 11 is 1.58. The molecule has 0 saturated heterocycles. The average molecular weight is 423 g/mol. The predicted molar refractivity (Wildman–Crippen MR) is 122 cm³/mol. The van der Waals surface area contributed by atoms with Gasteiger partial charge in [0.05, 0.1) is 17.5 Å². The Morgan fingerprint density at radius 1 is 1.07 bits per heavy atom. The topological polar surface area (TPSA) is 61.4 Å². The van der Waals surface area contributed by atoms with Crippen LogP contribution in [0.25, 0.3) is 16.7 Å².